The van der Waals surface area contributed by atoms with Crippen LogP contribution in [0, 0.1) is 0 Å². The van der Waals surface area contributed by atoms with Gasteiger partial charge in [-0.1, -0.05) is 12.1 Å². The van der Waals surface area contributed by atoms with Crippen molar-refractivity contribution in [3.05, 3.63) is 16.6 Å². The number of oxime groups is 1. The molecule has 0 radical (unpaired) electrons. The van der Waals surface area contributed by atoms with E-state index in [4.69, 9.17) is 10.9 Å². The summed E-state index contributed by atoms with van der Waals surface area (Å²) in [6.07, 6.45) is 2.33. The fourth-order valence-corrected chi connectivity index (χ4v) is 1.96. The molecule has 0 aliphatic heterocycles. The number of nitrogens with zero attached hydrogens (tertiary/aromatic N) is 2. The van der Waals surface area contributed by atoms with Gasteiger partial charge in [-0.25, -0.2) is 4.98 Å². The van der Waals surface area contributed by atoms with E-state index in [1.54, 1.807) is 6.20 Å². The van der Waals surface area contributed by atoms with Gasteiger partial charge in [0.1, 0.15) is 10.8 Å². The normalized spacial score (nSPS) is 13.4. The Labute approximate surface area is 97.2 Å². The minimum Gasteiger partial charge on any atom is -0.409 e. The van der Waals surface area contributed by atoms with Gasteiger partial charge in [-0.15, -0.1) is 11.3 Å². The number of carbonyl (C=O) groups is 1. The molecular formula is C9H14N4O2S. The highest BCUT2D eigenvalue weighted by molar-refractivity contribution is 7.09. The quantitative estimate of drug-likeness (QED) is 0.308. The zero-order valence-corrected chi connectivity index (χ0v) is 9.70. The second-order valence-electron chi connectivity index (χ2n) is 3.17. The lowest BCUT2D eigenvalue weighted by Crippen LogP contribution is -2.31. The Morgan fingerprint density at radius 3 is 3.06 bits per heavy atom. The first kappa shape index (κ1) is 12.4. The molecule has 7 heteroatoms. The molecule has 1 aromatic heterocycles. The van der Waals surface area contributed by atoms with E-state index in [0.29, 0.717) is 0 Å². The third kappa shape index (κ3) is 3.50. The van der Waals surface area contributed by atoms with Gasteiger partial charge >= 0.3 is 0 Å². The lowest BCUT2D eigenvalue weighted by Gasteiger charge is -2.13. The fourth-order valence-electron chi connectivity index (χ4n) is 1.19. The van der Waals surface area contributed by atoms with Gasteiger partial charge in [-0.3, -0.25) is 4.79 Å². The van der Waals surface area contributed by atoms with Crippen molar-refractivity contribution in [3.8, 4) is 0 Å². The van der Waals surface area contributed by atoms with Crippen molar-refractivity contribution in [1.82, 2.24) is 10.3 Å². The second-order valence-corrected chi connectivity index (χ2v) is 4.09. The molecule has 4 N–H and O–H groups in total. The maximum Gasteiger partial charge on any atom is 0.228 e. The van der Waals surface area contributed by atoms with Crippen LogP contribution in [0.1, 0.15) is 30.8 Å². The maximum atomic E-state index is 11.5. The Hall–Kier alpha value is -1.63. The van der Waals surface area contributed by atoms with Crippen LogP contribution in [0.25, 0.3) is 0 Å². The van der Waals surface area contributed by atoms with Crippen LogP contribution in [0.2, 0.25) is 0 Å². The summed E-state index contributed by atoms with van der Waals surface area (Å²) in [6, 6.07) is -0.112. The molecule has 0 aliphatic rings. The summed E-state index contributed by atoms with van der Waals surface area (Å²) in [6.45, 7) is 1.95. The van der Waals surface area contributed by atoms with E-state index in [9.17, 15) is 4.79 Å². The van der Waals surface area contributed by atoms with Crippen molar-refractivity contribution in [2.45, 2.75) is 25.8 Å². The molecule has 0 saturated carbocycles. The smallest absolute Gasteiger partial charge is 0.228 e. The van der Waals surface area contributed by atoms with E-state index >= 15 is 0 Å². The molecule has 0 aromatic carbocycles. The fraction of sp³-hybridized carbons (Fsp3) is 0.444. The number of hydrogen-bond acceptors (Lipinski definition) is 5. The number of amides is 1. The van der Waals surface area contributed by atoms with Crippen molar-refractivity contribution < 1.29 is 10.0 Å². The second kappa shape index (κ2) is 6.06. The zero-order valence-electron chi connectivity index (χ0n) is 8.88. The first-order valence-corrected chi connectivity index (χ1v) is 5.70. The van der Waals surface area contributed by atoms with Crippen LogP contribution in [0.4, 0.5) is 0 Å². The summed E-state index contributed by atoms with van der Waals surface area (Å²) < 4.78 is 0. The molecule has 0 fully saturated rings. The Kier molecular flexibility index (Phi) is 4.71. The van der Waals surface area contributed by atoms with Gasteiger partial charge in [0.15, 0.2) is 0 Å². The van der Waals surface area contributed by atoms with E-state index in [2.05, 4.69) is 15.5 Å². The van der Waals surface area contributed by atoms with E-state index in [-0.39, 0.29) is 24.2 Å². The first-order chi connectivity index (χ1) is 7.67. The van der Waals surface area contributed by atoms with Crippen LogP contribution >= 0.6 is 11.3 Å². The van der Waals surface area contributed by atoms with Crippen molar-refractivity contribution in [3.63, 3.8) is 0 Å². The van der Waals surface area contributed by atoms with Gasteiger partial charge in [0, 0.05) is 11.6 Å². The Morgan fingerprint density at radius 2 is 2.56 bits per heavy atom. The molecule has 1 atom stereocenters. The molecule has 0 spiro atoms. The van der Waals surface area contributed by atoms with Crippen LogP contribution in [-0.4, -0.2) is 21.9 Å². The highest BCUT2D eigenvalue weighted by Crippen LogP contribution is 2.18. The molecule has 1 unspecified atom stereocenters. The molecule has 1 aromatic rings. The van der Waals surface area contributed by atoms with Gasteiger partial charge < -0.3 is 16.3 Å². The summed E-state index contributed by atoms with van der Waals surface area (Å²) in [5.74, 6) is -0.385. The molecule has 1 rings (SSSR count). The predicted octanol–water partition coefficient (Wildman–Crippen LogP) is 0.847. The summed E-state index contributed by atoms with van der Waals surface area (Å²) in [5, 5.41) is 16.6. The molecule has 6 nitrogen and oxygen atoms in total. The van der Waals surface area contributed by atoms with E-state index in [1.165, 1.54) is 11.3 Å². The van der Waals surface area contributed by atoms with Gasteiger partial charge in [-0.05, 0) is 6.42 Å². The molecule has 16 heavy (non-hydrogen) atoms. The molecule has 0 aliphatic carbocycles. The standard InChI is InChI=1S/C9H14N4O2S/c1-2-6(9-11-3-4-16-9)12-8(14)5-7(10)13-15/h3-4,6,15H,2,5H2,1H3,(H2,10,13)(H,12,14). The number of aromatic nitrogens is 1. The summed E-state index contributed by atoms with van der Waals surface area (Å²) in [7, 11) is 0. The van der Waals surface area contributed by atoms with Crippen LogP contribution in [-0.2, 0) is 4.79 Å². The highest BCUT2D eigenvalue weighted by Gasteiger charge is 2.15. The third-order valence-electron chi connectivity index (χ3n) is 1.96. The topological polar surface area (TPSA) is 101 Å². The van der Waals surface area contributed by atoms with Crippen LogP contribution in [0.15, 0.2) is 16.7 Å². The number of hydrogen-bond donors (Lipinski definition) is 3. The zero-order chi connectivity index (χ0) is 12.0. The minimum atomic E-state index is -0.280. The van der Waals surface area contributed by atoms with Crippen LogP contribution < -0.4 is 11.1 Å². The van der Waals surface area contributed by atoms with Gasteiger partial charge in [-0.2, -0.15) is 0 Å². The molecular weight excluding hydrogens is 228 g/mol. The van der Waals surface area contributed by atoms with E-state index in [0.717, 1.165) is 11.4 Å². The minimum absolute atomic E-state index is 0.105. The van der Waals surface area contributed by atoms with E-state index in [1.807, 2.05) is 12.3 Å². The van der Waals surface area contributed by atoms with Crippen molar-refractivity contribution in [2.75, 3.05) is 0 Å². The monoisotopic (exact) mass is 242 g/mol. The SMILES string of the molecule is CCC(NC(=O)CC(N)=NO)c1nccs1. The number of rotatable bonds is 5. The number of amidine groups is 1. The first-order valence-electron chi connectivity index (χ1n) is 4.82. The summed E-state index contributed by atoms with van der Waals surface area (Å²) in [5.41, 5.74) is 5.24. The summed E-state index contributed by atoms with van der Waals surface area (Å²) in [4.78, 5) is 15.6. The lowest BCUT2D eigenvalue weighted by atomic mass is 10.2. The molecule has 1 amide bonds. The van der Waals surface area contributed by atoms with Crippen molar-refractivity contribution >= 4 is 23.1 Å². The van der Waals surface area contributed by atoms with E-state index < -0.39 is 0 Å². The average Bonchev–Trinajstić information content (AvgIpc) is 2.79. The van der Waals surface area contributed by atoms with Crippen molar-refractivity contribution in [2.24, 2.45) is 10.9 Å². The highest BCUT2D eigenvalue weighted by atomic mass is 32.1. The Morgan fingerprint density at radius 1 is 1.81 bits per heavy atom. The maximum absolute atomic E-state index is 11.5. The van der Waals surface area contributed by atoms with Gasteiger partial charge in [0.2, 0.25) is 5.91 Å². The lowest BCUT2D eigenvalue weighted by molar-refractivity contribution is -0.120. The van der Waals surface area contributed by atoms with Gasteiger partial charge in [0.05, 0.1) is 12.5 Å². The molecule has 1 heterocycles. The van der Waals surface area contributed by atoms with Crippen LogP contribution in [0.5, 0.6) is 0 Å². The number of nitrogens with two attached hydrogens (primary N) is 1. The molecule has 0 bridgehead atoms. The number of carbonyl (C=O) groups excluding carboxylic acids is 1. The van der Waals surface area contributed by atoms with Gasteiger partial charge in [0.25, 0.3) is 0 Å². The Balaban J connectivity index is 2.54. The number of thiazole rings is 1. The third-order valence-corrected chi connectivity index (χ3v) is 2.85. The van der Waals surface area contributed by atoms with Crippen molar-refractivity contribution in [1.29, 1.82) is 0 Å². The predicted molar refractivity (Wildman–Crippen MR) is 61.3 cm³/mol. The average molecular weight is 242 g/mol. The largest absolute Gasteiger partial charge is 0.409 e. The Bertz CT molecular complexity index is 364. The van der Waals surface area contributed by atoms with Crippen LogP contribution in [0.3, 0.4) is 0 Å². The summed E-state index contributed by atoms with van der Waals surface area (Å²) >= 11 is 1.49. The molecule has 0 saturated heterocycles. The number of nitrogens with one attached hydrogen (secondary N) is 1. The molecule has 88 valence electrons.